The zero-order valence-corrected chi connectivity index (χ0v) is 10.8. The number of halogens is 1. The maximum absolute atomic E-state index is 5.75. The molecule has 0 fully saturated rings. The van der Waals surface area contributed by atoms with Gasteiger partial charge in [0.2, 0.25) is 0 Å². The second-order valence-corrected chi connectivity index (χ2v) is 4.40. The molecule has 0 bridgehead atoms. The smallest absolute Gasteiger partial charge is 0.193 e. The molecule has 0 saturated heterocycles. The van der Waals surface area contributed by atoms with Crippen LogP contribution in [0.2, 0.25) is 5.22 Å². The summed E-state index contributed by atoms with van der Waals surface area (Å²) >= 11 is 5.75. The van der Waals surface area contributed by atoms with Crippen molar-refractivity contribution in [1.82, 2.24) is 9.78 Å². The predicted octanol–water partition coefficient (Wildman–Crippen LogP) is 3.73. The first-order chi connectivity index (χ1) is 9.33. The lowest BCUT2D eigenvalue weighted by Gasteiger charge is -2.10. The third-order valence-electron chi connectivity index (χ3n) is 2.74. The molecule has 0 spiro atoms. The summed E-state index contributed by atoms with van der Waals surface area (Å²) < 4.78 is 7.13. The first kappa shape index (κ1) is 11.9. The summed E-state index contributed by atoms with van der Waals surface area (Å²) in [4.78, 5) is 0. The Morgan fingerprint density at radius 2 is 2.05 bits per heavy atom. The Labute approximate surface area is 115 Å². The molecule has 0 aliphatic heterocycles. The van der Waals surface area contributed by atoms with Crippen LogP contribution in [0.4, 0.5) is 5.69 Å². The molecule has 0 unspecified atom stereocenters. The van der Waals surface area contributed by atoms with Gasteiger partial charge in [-0.1, -0.05) is 12.1 Å². The Bertz CT molecular complexity index is 661. The summed E-state index contributed by atoms with van der Waals surface area (Å²) in [6, 6.07) is 13.4. The molecule has 1 N–H and O–H groups in total. The maximum Gasteiger partial charge on any atom is 0.193 e. The van der Waals surface area contributed by atoms with Crippen LogP contribution in [0.3, 0.4) is 0 Å². The SMILES string of the molecule is Clc1ccc(CNc2ccccc2-n2cccn2)o1. The standard InChI is InChI=1S/C14H12ClN3O/c15-14-7-6-11(19-14)10-16-12-4-1-2-5-13(12)18-9-3-8-17-18/h1-9,16H,10H2. The largest absolute Gasteiger partial charge is 0.448 e. The first-order valence-corrected chi connectivity index (χ1v) is 6.28. The minimum absolute atomic E-state index is 0.400. The van der Waals surface area contributed by atoms with E-state index in [1.165, 1.54) is 0 Å². The van der Waals surface area contributed by atoms with Crippen molar-refractivity contribution in [3.8, 4) is 5.69 Å². The van der Waals surface area contributed by atoms with Gasteiger partial charge in [-0.25, -0.2) is 4.68 Å². The highest BCUT2D eigenvalue weighted by molar-refractivity contribution is 6.28. The van der Waals surface area contributed by atoms with Gasteiger partial charge in [0.25, 0.3) is 0 Å². The summed E-state index contributed by atoms with van der Waals surface area (Å²) in [5, 5.41) is 7.96. The molecule has 96 valence electrons. The molecular formula is C14H12ClN3O. The van der Waals surface area contributed by atoms with Crippen LogP contribution >= 0.6 is 11.6 Å². The number of hydrogen-bond donors (Lipinski definition) is 1. The summed E-state index contributed by atoms with van der Waals surface area (Å²) in [5.41, 5.74) is 1.98. The zero-order chi connectivity index (χ0) is 13.1. The van der Waals surface area contributed by atoms with Crippen LogP contribution in [0, 0.1) is 0 Å². The molecule has 19 heavy (non-hydrogen) atoms. The van der Waals surface area contributed by atoms with E-state index in [2.05, 4.69) is 10.4 Å². The minimum atomic E-state index is 0.400. The molecule has 2 aromatic heterocycles. The van der Waals surface area contributed by atoms with E-state index in [9.17, 15) is 0 Å². The van der Waals surface area contributed by atoms with Gasteiger partial charge in [-0.2, -0.15) is 5.10 Å². The Morgan fingerprint density at radius 1 is 1.16 bits per heavy atom. The van der Waals surface area contributed by atoms with E-state index in [0.717, 1.165) is 17.1 Å². The van der Waals surface area contributed by atoms with Gasteiger partial charge in [0, 0.05) is 12.4 Å². The lowest BCUT2D eigenvalue weighted by atomic mass is 10.2. The molecule has 0 aliphatic rings. The van der Waals surface area contributed by atoms with Crippen LogP contribution in [0.25, 0.3) is 5.69 Å². The number of para-hydroxylation sites is 2. The second kappa shape index (κ2) is 5.20. The number of aromatic nitrogens is 2. The average Bonchev–Trinajstić information content (AvgIpc) is 3.08. The number of nitrogens with zero attached hydrogens (tertiary/aromatic N) is 2. The van der Waals surface area contributed by atoms with Gasteiger partial charge in [0.05, 0.1) is 17.9 Å². The number of furan rings is 1. The van der Waals surface area contributed by atoms with Gasteiger partial charge in [-0.05, 0) is 41.9 Å². The Hall–Kier alpha value is -2.20. The number of anilines is 1. The van der Waals surface area contributed by atoms with Crippen LogP contribution in [0.15, 0.2) is 59.3 Å². The van der Waals surface area contributed by atoms with Gasteiger partial charge in [-0.15, -0.1) is 0 Å². The lowest BCUT2D eigenvalue weighted by Crippen LogP contribution is -2.04. The quantitative estimate of drug-likeness (QED) is 0.788. The van der Waals surface area contributed by atoms with Crippen LogP contribution in [-0.2, 0) is 6.54 Å². The molecule has 3 aromatic rings. The van der Waals surface area contributed by atoms with Crippen LogP contribution in [0.5, 0.6) is 0 Å². The monoisotopic (exact) mass is 273 g/mol. The van der Waals surface area contributed by atoms with E-state index in [4.69, 9.17) is 16.0 Å². The average molecular weight is 274 g/mol. The maximum atomic E-state index is 5.75. The molecule has 5 heteroatoms. The van der Waals surface area contributed by atoms with Crippen molar-refractivity contribution in [2.45, 2.75) is 6.54 Å². The molecule has 0 radical (unpaired) electrons. The van der Waals surface area contributed by atoms with Gasteiger partial charge < -0.3 is 9.73 Å². The van der Waals surface area contributed by atoms with Crippen LogP contribution < -0.4 is 5.32 Å². The Balaban J connectivity index is 1.81. The first-order valence-electron chi connectivity index (χ1n) is 5.90. The molecule has 3 rings (SSSR count). The minimum Gasteiger partial charge on any atom is -0.448 e. The fourth-order valence-corrected chi connectivity index (χ4v) is 2.03. The topological polar surface area (TPSA) is 43.0 Å². The molecule has 0 atom stereocenters. The normalized spacial score (nSPS) is 10.6. The third-order valence-corrected chi connectivity index (χ3v) is 2.94. The van der Waals surface area contributed by atoms with Crippen molar-refractivity contribution in [2.75, 3.05) is 5.32 Å². The second-order valence-electron chi connectivity index (χ2n) is 4.03. The predicted molar refractivity (Wildman–Crippen MR) is 74.6 cm³/mol. The summed E-state index contributed by atoms with van der Waals surface area (Å²) in [6.45, 7) is 0.574. The number of nitrogens with one attached hydrogen (secondary N) is 1. The Kier molecular flexibility index (Phi) is 3.25. The summed E-state index contributed by atoms with van der Waals surface area (Å²) in [5.74, 6) is 0.792. The summed E-state index contributed by atoms with van der Waals surface area (Å²) in [7, 11) is 0. The van der Waals surface area contributed by atoms with Crippen molar-refractivity contribution in [3.63, 3.8) is 0 Å². The van der Waals surface area contributed by atoms with E-state index in [-0.39, 0.29) is 0 Å². The van der Waals surface area contributed by atoms with Crippen LogP contribution in [0.1, 0.15) is 5.76 Å². The molecule has 0 amide bonds. The van der Waals surface area contributed by atoms with Crippen molar-refractivity contribution in [2.24, 2.45) is 0 Å². The number of hydrogen-bond acceptors (Lipinski definition) is 3. The third kappa shape index (κ3) is 2.63. The van der Waals surface area contributed by atoms with Crippen molar-refractivity contribution in [3.05, 3.63) is 65.8 Å². The Morgan fingerprint density at radius 3 is 2.79 bits per heavy atom. The van der Waals surface area contributed by atoms with E-state index in [1.54, 1.807) is 12.3 Å². The molecule has 4 nitrogen and oxygen atoms in total. The number of benzene rings is 1. The zero-order valence-electron chi connectivity index (χ0n) is 10.1. The molecule has 1 aromatic carbocycles. The van der Waals surface area contributed by atoms with Gasteiger partial charge >= 0.3 is 0 Å². The number of rotatable bonds is 4. The van der Waals surface area contributed by atoms with E-state index in [0.29, 0.717) is 11.8 Å². The lowest BCUT2D eigenvalue weighted by molar-refractivity contribution is 0.520. The fourth-order valence-electron chi connectivity index (χ4n) is 1.86. The van der Waals surface area contributed by atoms with E-state index in [1.807, 2.05) is 47.3 Å². The molecule has 0 saturated carbocycles. The van der Waals surface area contributed by atoms with Gasteiger partial charge in [0.1, 0.15) is 5.76 Å². The highest BCUT2D eigenvalue weighted by Gasteiger charge is 2.05. The van der Waals surface area contributed by atoms with Crippen molar-refractivity contribution >= 4 is 17.3 Å². The van der Waals surface area contributed by atoms with E-state index < -0.39 is 0 Å². The molecule has 0 aliphatic carbocycles. The van der Waals surface area contributed by atoms with Crippen LogP contribution in [-0.4, -0.2) is 9.78 Å². The highest BCUT2D eigenvalue weighted by Crippen LogP contribution is 2.21. The van der Waals surface area contributed by atoms with Gasteiger partial charge in [-0.3, -0.25) is 0 Å². The van der Waals surface area contributed by atoms with Crippen molar-refractivity contribution in [1.29, 1.82) is 0 Å². The summed E-state index contributed by atoms with van der Waals surface area (Å²) in [6.07, 6.45) is 3.66. The molecular weight excluding hydrogens is 262 g/mol. The molecule has 2 heterocycles. The highest BCUT2D eigenvalue weighted by atomic mass is 35.5. The fraction of sp³-hybridized carbons (Fsp3) is 0.0714. The van der Waals surface area contributed by atoms with Gasteiger partial charge in [0.15, 0.2) is 5.22 Å². The van der Waals surface area contributed by atoms with Crippen molar-refractivity contribution < 1.29 is 4.42 Å². The van der Waals surface area contributed by atoms with E-state index >= 15 is 0 Å².